The van der Waals surface area contributed by atoms with E-state index in [1.807, 2.05) is 18.7 Å². The van der Waals surface area contributed by atoms with E-state index in [1.165, 1.54) is 11.1 Å². The first-order valence-corrected chi connectivity index (χ1v) is 11.1. The maximum absolute atomic E-state index is 12.3. The quantitative estimate of drug-likeness (QED) is 0.548. The lowest BCUT2D eigenvalue weighted by Crippen LogP contribution is -2.49. The van der Waals surface area contributed by atoms with Gasteiger partial charge in [-0.3, -0.25) is 14.7 Å². The molecule has 0 spiro atoms. The van der Waals surface area contributed by atoms with Crippen LogP contribution in [-0.2, 0) is 9.53 Å². The second-order valence-electron chi connectivity index (χ2n) is 8.60. The maximum Gasteiger partial charge on any atom is 0.225 e. The highest BCUT2D eigenvalue weighted by atomic mass is 16.5. The lowest BCUT2D eigenvalue weighted by Gasteiger charge is -2.35. The average molecular weight is 416 g/mol. The second kappa shape index (κ2) is 10.8. The Morgan fingerprint density at radius 1 is 1.20 bits per heavy atom. The predicted molar refractivity (Wildman–Crippen MR) is 121 cm³/mol. The summed E-state index contributed by atoms with van der Waals surface area (Å²) in [6, 6.07) is 9.29. The van der Waals surface area contributed by atoms with E-state index in [4.69, 9.17) is 4.74 Å². The van der Waals surface area contributed by atoms with Crippen molar-refractivity contribution >= 4 is 11.9 Å². The highest BCUT2D eigenvalue weighted by molar-refractivity contribution is 5.81. The Balaban J connectivity index is 1.59. The number of guanidine groups is 1. The van der Waals surface area contributed by atoms with E-state index in [0.29, 0.717) is 0 Å². The zero-order valence-corrected chi connectivity index (χ0v) is 18.9. The van der Waals surface area contributed by atoms with Gasteiger partial charge in [0.05, 0.1) is 19.3 Å². The number of morpholine rings is 1. The van der Waals surface area contributed by atoms with Crippen molar-refractivity contribution in [2.24, 2.45) is 10.9 Å². The summed E-state index contributed by atoms with van der Waals surface area (Å²) in [6.45, 7) is 11.8. The summed E-state index contributed by atoms with van der Waals surface area (Å²) in [4.78, 5) is 21.1. The molecule has 2 aliphatic heterocycles. The Bertz CT molecular complexity index is 713. The first-order chi connectivity index (χ1) is 14.5. The van der Waals surface area contributed by atoms with Crippen molar-refractivity contribution in [3.8, 4) is 0 Å². The van der Waals surface area contributed by atoms with Crippen molar-refractivity contribution in [2.45, 2.75) is 39.3 Å². The fraction of sp³-hybridized carbons (Fsp3) is 0.652. The van der Waals surface area contributed by atoms with Gasteiger partial charge in [0.1, 0.15) is 0 Å². The molecule has 1 aromatic carbocycles. The van der Waals surface area contributed by atoms with Crippen LogP contribution in [0.4, 0.5) is 0 Å². The van der Waals surface area contributed by atoms with Crippen molar-refractivity contribution < 1.29 is 9.53 Å². The molecule has 3 rings (SSSR count). The summed E-state index contributed by atoms with van der Waals surface area (Å²) in [5.41, 5.74) is 2.58. The van der Waals surface area contributed by atoms with Gasteiger partial charge >= 0.3 is 0 Å². The van der Waals surface area contributed by atoms with Crippen LogP contribution in [0, 0.1) is 12.8 Å². The number of aryl methyl sites for hydroxylation is 1. The molecule has 166 valence electrons. The fourth-order valence-corrected chi connectivity index (χ4v) is 4.16. The van der Waals surface area contributed by atoms with Crippen LogP contribution in [0.3, 0.4) is 0 Å². The van der Waals surface area contributed by atoms with Crippen molar-refractivity contribution in [1.29, 1.82) is 0 Å². The van der Waals surface area contributed by atoms with Gasteiger partial charge < -0.3 is 20.3 Å². The fourth-order valence-electron chi connectivity index (χ4n) is 4.16. The molecule has 0 aliphatic carbocycles. The van der Waals surface area contributed by atoms with Crippen LogP contribution < -0.4 is 10.6 Å². The maximum atomic E-state index is 12.3. The molecule has 2 fully saturated rings. The number of aliphatic imine (C=N–C) groups is 1. The van der Waals surface area contributed by atoms with Crippen molar-refractivity contribution in [3.05, 3.63) is 35.4 Å². The van der Waals surface area contributed by atoms with E-state index in [-0.39, 0.29) is 23.9 Å². The number of ether oxygens (including phenoxy) is 1. The van der Waals surface area contributed by atoms with E-state index in [9.17, 15) is 4.79 Å². The van der Waals surface area contributed by atoms with Crippen molar-refractivity contribution in [3.63, 3.8) is 0 Å². The van der Waals surface area contributed by atoms with Gasteiger partial charge in [0.2, 0.25) is 5.91 Å². The highest BCUT2D eigenvalue weighted by Crippen LogP contribution is 2.22. The lowest BCUT2D eigenvalue weighted by atomic mass is 10.0. The monoisotopic (exact) mass is 415 g/mol. The standard InChI is InChI=1S/C23H37N5O2/c1-17(2)22(29)28-10-9-20(16-28)26-23(24-4)25-15-21(27-11-13-30-14-12-27)19-7-5-18(3)6-8-19/h5-8,17,20-21H,9-16H2,1-4H3,(H2,24,25,26). The molecule has 30 heavy (non-hydrogen) atoms. The smallest absolute Gasteiger partial charge is 0.225 e. The minimum atomic E-state index is 0.0463. The topological polar surface area (TPSA) is 69.2 Å². The largest absolute Gasteiger partial charge is 0.379 e. The SMILES string of the molecule is CN=C(NCC(c1ccc(C)cc1)N1CCOCC1)NC1CCN(C(=O)C(C)C)C1. The number of likely N-dealkylation sites (tertiary alicyclic amines) is 1. The molecular formula is C23H37N5O2. The van der Waals surface area contributed by atoms with Gasteiger partial charge in [-0.2, -0.15) is 0 Å². The van der Waals surface area contributed by atoms with Gasteiger partial charge in [-0.1, -0.05) is 43.7 Å². The zero-order valence-electron chi connectivity index (χ0n) is 18.9. The molecule has 0 aromatic heterocycles. The van der Waals surface area contributed by atoms with Crippen molar-refractivity contribution in [2.75, 3.05) is 53.0 Å². The van der Waals surface area contributed by atoms with Gasteiger partial charge in [0.25, 0.3) is 0 Å². The average Bonchev–Trinajstić information content (AvgIpc) is 3.22. The molecule has 2 unspecified atom stereocenters. The number of nitrogens with one attached hydrogen (secondary N) is 2. The molecule has 0 saturated carbocycles. The van der Waals surface area contributed by atoms with E-state index in [0.717, 1.165) is 58.3 Å². The van der Waals surface area contributed by atoms with Crippen LogP contribution in [0.2, 0.25) is 0 Å². The first-order valence-electron chi connectivity index (χ1n) is 11.1. The van der Waals surface area contributed by atoms with Gasteiger partial charge in [0.15, 0.2) is 5.96 Å². The van der Waals surface area contributed by atoms with E-state index in [2.05, 4.69) is 51.7 Å². The van der Waals surface area contributed by atoms with Crippen LogP contribution in [0.25, 0.3) is 0 Å². The molecular weight excluding hydrogens is 378 g/mol. The molecule has 2 atom stereocenters. The molecule has 2 saturated heterocycles. The molecule has 2 aliphatic rings. The Labute approximate surface area is 180 Å². The lowest BCUT2D eigenvalue weighted by molar-refractivity contribution is -0.133. The number of amides is 1. The molecule has 1 amide bonds. The van der Waals surface area contributed by atoms with Crippen LogP contribution in [0.5, 0.6) is 0 Å². The summed E-state index contributed by atoms with van der Waals surface area (Å²) in [7, 11) is 1.80. The van der Waals surface area contributed by atoms with Gasteiger partial charge in [-0.25, -0.2) is 0 Å². The zero-order chi connectivity index (χ0) is 21.5. The first kappa shape index (κ1) is 22.6. The third-order valence-corrected chi connectivity index (χ3v) is 5.97. The summed E-state index contributed by atoms with van der Waals surface area (Å²) in [5, 5.41) is 7.04. The molecule has 2 heterocycles. The molecule has 1 aromatic rings. The summed E-state index contributed by atoms with van der Waals surface area (Å²) in [5.74, 6) is 1.07. The van der Waals surface area contributed by atoms with E-state index < -0.39 is 0 Å². The Morgan fingerprint density at radius 3 is 2.53 bits per heavy atom. The van der Waals surface area contributed by atoms with Crippen LogP contribution in [-0.4, -0.2) is 80.7 Å². The summed E-state index contributed by atoms with van der Waals surface area (Å²) < 4.78 is 5.56. The number of benzene rings is 1. The number of nitrogens with zero attached hydrogens (tertiary/aromatic N) is 3. The molecule has 0 bridgehead atoms. The Morgan fingerprint density at radius 2 is 1.90 bits per heavy atom. The molecule has 0 radical (unpaired) electrons. The van der Waals surface area contributed by atoms with Crippen LogP contribution in [0.1, 0.15) is 37.4 Å². The highest BCUT2D eigenvalue weighted by Gasteiger charge is 2.28. The molecule has 7 heteroatoms. The van der Waals surface area contributed by atoms with Crippen molar-refractivity contribution in [1.82, 2.24) is 20.4 Å². The number of rotatable bonds is 6. The van der Waals surface area contributed by atoms with Gasteiger partial charge in [0, 0.05) is 51.7 Å². The number of carbonyl (C=O) groups excluding carboxylic acids is 1. The number of hydrogen-bond acceptors (Lipinski definition) is 4. The summed E-state index contributed by atoms with van der Waals surface area (Å²) >= 11 is 0. The van der Waals surface area contributed by atoms with E-state index >= 15 is 0 Å². The molecule has 7 nitrogen and oxygen atoms in total. The normalized spacial score (nSPS) is 21.7. The van der Waals surface area contributed by atoms with Gasteiger partial charge in [-0.05, 0) is 18.9 Å². The van der Waals surface area contributed by atoms with E-state index in [1.54, 1.807) is 7.05 Å². The number of carbonyl (C=O) groups is 1. The predicted octanol–water partition coefficient (Wildman–Crippen LogP) is 1.79. The summed E-state index contributed by atoms with van der Waals surface area (Å²) in [6.07, 6.45) is 0.948. The number of hydrogen-bond donors (Lipinski definition) is 2. The Kier molecular flexibility index (Phi) is 8.10. The minimum absolute atomic E-state index is 0.0463. The van der Waals surface area contributed by atoms with Crippen LogP contribution in [0.15, 0.2) is 29.3 Å². The van der Waals surface area contributed by atoms with Gasteiger partial charge in [-0.15, -0.1) is 0 Å². The third-order valence-electron chi connectivity index (χ3n) is 5.97. The van der Waals surface area contributed by atoms with Crippen LogP contribution >= 0.6 is 0 Å². The Hall–Kier alpha value is -2.12. The third kappa shape index (κ3) is 5.95. The minimum Gasteiger partial charge on any atom is -0.379 e. The molecule has 2 N–H and O–H groups in total. The second-order valence-corrected chi connectivity index (χ2v) is 8.60.